The molecule has 1 heterocycles. The summed E-state index contributed by atoms with van der Waals surface area (Å²) in [5, 5.41) is 6.54. The predicted octanol–water partition coefficient (Wildman–Crippen LogP) is 3.35. The van der Waals surface area contributed by atoms with Gasteiger partial charge in [0.1, 0.15) is 22.8 Å². The van der Waals surface area contributed by atoms with Crippen LogP contribution in [0.25, 0.3) is 0 Å². The lowest BCUT2D eigenvalue weighted by Crippen LogP contribution is -2.55. The van der Waals surface area contributed by atoms with E-state index in [0.29, 0.717) is 17.4 Å². The number of aromatic nitrogens is 2. The Balaban J connectivity index is 2.07. The fourth-order valence-corrected chi connectivity index (χ4v) is 3.02. The van der Waals surface area contributed by atoms with Gasteiger partial charge < -0.3 is 21.1 Å². The molecule has 8 heteroatoms. The fourth-order valence-electron chi connectivity index (χ4n) is 2.85. The molecule has 4 N–H and O–H groups in total. The second-order valence-corrected chi connectivity index (χ2v) is 7.62. The van der Waals surface area contributed by atoms with Crippen molar-refractivity contribution in [3.63, 3.8) is 0 Å². The predicted molar refractivity (Wildman–Crippen MR) is 95.1 cm³/mol. The third-order valence-electron chi connectivity index (χ3n) is 3.99. The van der Waals surface area contributed by atoms with Gasteiger partial charge in [0.25, 0.3) is 0 Å². The molecule has 0 aliphatic heterocycles. The van der Waals surface area contributed by atoms with Gasteiger partial charge in [-0.05, 0) is 33.6 Å². The van der Waals surface area contributed by atoms with Crippen LogP contribution in [0.5, 0.6) is 0 Å². The largest absolute Gasteiger partial charge is 0.444 e. The number of anilines is 2. The second-order valence-electron chi connectivity index (χ2n) is 7.24. The Morgan fingerprint density at radius 3 is 2.62 bits per heavy atom. The van der Waals surface area contributed by atoms with Crippen molar-refractivity contribution in [1.29, 1.82) is 0 Å². The second kappa shape index (κ2) is 7.42. The van der Waals surface area contributed by atoms with Crippen LogP contribution in [0.4, 0.5) is 16.4 Å². The van der Waals surface area contributed by atoms with Gasteiger partial charge in [-0.25, -0.2) is 14.8 Å². The number of carbonyl (C=O) groups is 1. The molecule has 0 unspecified atom stereocenters. The minimum atomic E-state index is -0.530. The number of nitrogens with two attached hydrogens (primary N) is 1. The van der Waals surface area contributed by atoms with E-state index >= 15 is 0 Å². The third-order valence-corrected chi connectivity index (χ3v) is 4.36. The molecule has 2 rings (SSSR count). The molecular weight excluding hydrogens is 330 g/mol. The summed E-state index contributed by atoms with van der Waals surface area (Å²) in [7, 11) is 0. The number of halogens is 1. The zero-order chi connectivity index (χ0) is 17.8. The van der Waals surface area contributed by atoms with Crippen LogP contribution in [0.15, 0.2) is 6.33 Å². The summed E-state index contributed by atoms with van der Waals surface area (Å²) in [6.45, 7) is 6.05. The van der Waals surface area contributed by atoms with Gasteiger partial charge in [-0.1, -0.05) is 30.9 Å². The topological polar surface area (TPSA) is 102 Å². The standard InChI is InChI=1S/C16H26ClN5O2/c1-15(2,3)24-14(23)22-16(7-5-4-6-8-16)9-19-13-11(17)12(18)20-10-21-13/h10H,4-9H2,1-3H3,(H,22,23)(H3,18,19,20,21). The van der Waals surface area contributed by atoms with E-state index < -0.39 is 11.7 Å². The van der Waals surface area contributed by atoms with Crippen LogP contribution in [0.2, 0.25) is 5.02 Å². The monoisotopic (exact) mass is 355 g/mol. The maximum atomic E-state index is 12.2. The average molecular weight is 356 g/mol. The van der Waals surface area contributed by atoms with Crippen molar-refractivity contribution in [2.75, 3.05) is 17.6 Å². The lowest BCUT2D eigenvalue weighted by Gasteiger charge is -2.38. The van der Waals surface area contributed by atoms with E-state index in [9.17, 15) is 4.79 Å². The van der Waals surface area contributed by atoms with Gasteiger partial charge in [0.15, 0.2) is 5.82 Å². The summed E-state index contributed by atoms with van der Waals surface area (Å²) in [6, 6.07) is 0. The summed E-state index contributed by atoms with van der Waals surface area (Å²) in [6.07, 6.45) is 5.97. The lowest BCUT2D eigenvalue weighted by atomic mass is 9.81. The number of carbonyl (C=O) groups excluding carboxylic acids is 1. The average Bonchev–Trinajstić information content (AvgIpc) is 2.48. The van der Waals surface area contributed by atoms with Gasteiger partial charge in [0, 0.05) is 6.54 Å². The summed E-state index contributed by atoms with van der Waals surface area (Å²) in [5.41, 5.74) is 4.78. The smallest absolute Gasteiger partial charge is 0.408 e. The van der Waals surface area contributed by atoms with E-state index in [-0.39, 0.29) is 11.4 Å². The first-order valence-electron chi connectivity index (χ1n) is 8.22. The van der Waals surface area contributed by atoms with E-state index in [0.717, 1.165) is 25.7 Å². The zero-order valence-electron chi connectivity index (χ0n) is 14.5. The molecule has 7 nitrogen and oxygen atoms in total. The Bertz CT molecular complexity index is 582. The van der Waals surface area contributed by atoms with Crippen LogP contribution in [0, 0.1) is 0 Å². The molecule has 0 bridgehead atoms. The molecule has 1 aromatic heterocycles. The molecule has 1 aromatic rings. The number of alkyl carbamates (subject to hydrolysis) is 1. The first kappa shape index (κ1) is 18.6. The number of hydrogen-bond donors (Lipinski definition) is 3. The van der Waals surface area contributed by atoms with Crippen molar-refractivity contribution in [3.8, 4) is 0 Å². The van der Waals surface area contributed by atoms with Gasteiger partial charge in [-0.2, -0.15) is 0 Å². The summed E-state index contributed by atoms with van der Waals surface area (Å²) < 4.78 is 5.41. The molecule has 1 aliphatic rings. The third kappa shape index (κ3) is 5.12. The molecule has 0 aromatic carbocycles. The number of hydrogen-bond acceptors (Lipinski definition) is 6. The van der Waals surface area contributed by atoms with E-state index in [1.165, 1.54) is 12.7 Å². The molecule has 0 radical (unpaired) electrons. The van der Waals surface area contributed by atoms with Crippen LogP contribution in [-0.4, -0.2) is 33.7 Å². The van der Waals surface area contributed by atoms with Crippen molar-refractivity contribution in [2.24, 2.45) is 0 Å². The van der Waals surface area contributed by atoms with Gasteiger partial charge >= 0.3 is 6.09 Å². The van der Waals surface area contributed by atoms with Crippen molar-refractivity contribution in [2.45, 2.75) is 64.0 Å². The Kier molecular flexibility index (Phi) is 5.74. The molecule has 134 valence electrons. The van der Waals surface area contributed by atoms with Gasteiger partial charge in [0.2, 0.25) is 0 Å². The molecule has 0 spiro atoms. The molecule has 1 aliphatic carbocycles. The minimum absolute atomic E-state index is 0.229. The molecule has 1 fully saturated rings. The Morgan fingerprint density at radius 2 is 2.00 bits per heavy atom. The number of nitrogens with zero attached hydrogens (tertiary/aromatic N) is 2. The first-order valence-corrected chi connectivity index (χ1v) is 8.60. The Hall–Kier alpha value is -1.76. The van der Waals surface area contributed by atoms with Crippen molar-refractivity contribution < 1.29 is 9.53 Å². The first-order chi connectivity index (χ1) is 11.2. The number of ether oxygens (including phenoxy) is 1. The Labute approximate surface area is 147 Å². The van der Waals surface area contributed by atoms with Crippen LogP contribution in [0.3, 0.4) is 0 Å². The van der Waals surface area contributed by atoms with Crippen LogP contribution in [0.1, 0.15) is 52.9 Å². The maximum absolute atomic E-state index is 12.2. The van der Waals surface area contributed by atoms with Crippen LogP contribution >= 0.6 is 11.6 Å². The van der Waals surface area contributed by atoms with E-state index in [1.807, 2.05) is 20.8 Å². The van der Waals surface area contributed by atoms with E-state index in [4.69, 9.17) is 22.1 Å². The minimum Gasteiger partial charge on any atom is -0.444 e. The molecule has 0 atom stereocenters. The summed E-state index contributed by atoms with van der Waals surface area (Å²) >= 11 is 6.12. The number of nitrogen functional groups attached to an aromatic ring is 1. The van der Waals surface area contributed by atoms with Gasteiger partial charge in [-0.15, -0.1) is 0 Å². The lowest BCUT2D eigenvalue weighted by molar-refractivity contribution is 0.0434. The molecular formula is C16H26ClN5O2. The van der Waals surface area contributed by atoms with E-state index in [1.54, 1.807) is 0 Å². The summed E-state index contributed by atoms with van der Waals surface area (Å²) in [4.78, 5) is 20.2. The summed E-state index contributed by atoms with van der Waals surface area (Å²) in [5.74, 6) is 0.701. The fraction of sp³-hybridized carbons (Fsp3) is 0.688. The maximum Gasteiger partial charge on any atom is 0.408 e. The van der Waals surface area contributed by atoms with Crippen molar-refractivity contribution in [1.82, 2.24) is 15.3 Å². The highest BCUT2D eigenvalue weighted by atomic mass is 35.5. The van der Waals surface area contributed by atoms with Crippen LogP contribution in [-0.2, 0) is 4.74 Å². The highest BCUT2D eigenvalue weighted by Crippen LogP contribution is 2.30. The van der Waals surface area contributed by atoms with E-state index in [2.05, 4.69) is 20.6 Å². The zero-order valence-corrected chi connectivity index (χ0v) is 15.2. The Morgan fingerprint density at radius 1 is 1.33 bits per heavy atom. The van der Waals surface area contributed by atoms with Gasteiger partial charge in [0.05, 0.1) is 5.54 Å². The van der Waals surface area contributed by atoms with Crippen molar-refractivity contribution in [3.05, 3.63) is 11.3 Å². The van der Waals surface area contributed by atoms with Crippen molar-refractivity contribution >= 4 is 29.3 Å². The van der Waals surface area contributed by atoms with Crippen LogP contribution < -0.4 is 16.4 Å². The number of nitrogens with one attached hydrogen (secondary N) is 2. The normalized spacial score (nSPS) is 17.2. The molecule has 24 heavy (non-hydrogen) atoms. The quantitative estimate of drug-likeness (QED) is 0.765. The number of rotatable bonds is 4. The van der Waals surface area contributed by atoms with Gasteiger partial charge in [-0.3, -0.25) is 0 Å². The SMILES string of the molecule is CC(C)(C)OC(=O)NC1(CNc2ncnc(N)c2Cl)CCCCC1. The highest BCUT2D eigenvalue weighted by molar-refractivity contribution is 6.35. The molecule has 0 saturated heterocycles. The highest BCUT2D eigenvalue weighted by Gasteiger charge is 2.35. The molecule has 1 saturated carbocycles. The number of amides is 1. The molecule has 1 amide bonds.